The van der Waals surface area contributed by atoms with E-state index < -0.39 is 5.92 Å². The summed E-state index contributed by atoms with van der Waals surface area (Å²) in [4.78, 5) is 11.9. The van der Waals surface area contributed by atoms with Crippen LogP contribution < -0.4 is 5.32 Å². The Morgan fingerprint density at radius 3 is 2.53 bits per heavy atom. The number of aliphatic hydroxyl groups excluding tert-OH is 1. The van der Waals surface area contributed by atoms with E-state index in [1.54, 1.807) is 0 Å². The summed E-state index contributed by atoms with van der Waals surface area (Å²) in [5, 5.41) is 11.8. The van der Waals surface area contributed by atoms with Gasteiger partial charge in [-0.25, -0.2) is 8.78 Å². The molecule has 0 aromatic rings. The smallest absolute Gasteiger partial charge is 0.248 e. The maximum Gasteiger partial charge on any atom is 0.248 e. The Morgan fingerprint density at radius 1 is 1.37 bits per heavy atom. The van der Waals surface area contributed by atoms with Gasteiger partial charge in [-0.3, -0.25) is 4.79 Å². The van der Waals surface area contributed by atoms with Crippen LogP contribution in [0.2, 0.25) is 0 Å². The van der Waals surface area contributed by atoms with E-state index in [0.29, 0.717) is 13.0 Å². The van der Waals surface area contributed by atoms with Crippen molar-refractivity contribution >= 4 is 5.91 Å². The third-order valence-electron chi connectivity index (χ3n) is 3.89. The van der Waals surface area contributed by atoms with Crippen LogP contribution in [0.3, 0.4) is 0 Å². The summed E-state index contributed by atoms with van der Waals surface area (Å²) in [7, 11) is 0. The Kier molecular flexibility index (Phi) is 6.69. The number of nitrogens with one attached hydrogen (secondary N) is 1. The van der Waals surface area contributed by atoms with Gasteiger partial charge in [0, 0.05) is 31.9 Å². The molecule has 1 fully saturated rings. The average Bonchev–Trinajstić information content (AvgIpc) is 2.36. The SMILES string of the molecule is CCCC(CCO)CNC(=O)C1CCC(F)(F)CC1. The molecule has 1 amide bonds. The van der Waals surface area contributed by atoms with Crippen LogP contribution in [0.25, 0.3) is 0 Å². The van der Waals surface area contributed by atoms with Crippen molar-refractivity contribution in [3.8, 4) is 0 Å². The molecule has 0 aliphatic heterocycles. The summed E-state index contributed by atoms with van der Waals surface area (Å²) in [5.74, 6) is -2.67. The zero-order valence-electron chi connectivity index (χ0n) is 11.6. The zero-order valence-corrected chi connectivity index (χ0v) is 11.6. The Balaban J connectivity index is 2.30. The maximum absolute atomic E-state index is 13.0. The molecule has 0 aromatic heterocycles. The first kappa shape index (κ1) is 16.3. The van der Waals surface area contributed by atoms with E-state index in [9.17, 15) is 13.6 Å². The summed E-state index contributed by atoms with van der Waals surface area (Å²) < 4.78 is 26.0. The van der Waals surface area contributed by atoms with Crippen molar-refractivity contribution in [1.29, 1.82) is 0 Å². The topological polar surface area (TPSA) is 49.3 Å². The first-order valence-corrected chi connectivity index (χ1v) is 7.25. The van der Waals surface area contributed by atoms with Gasteiger partial charge in [-0.05, 0) is 31.6 Å². The Bertz CT molecular complexity index is 269. The molecular weight excluding hydrogens is 252 g/mol. The first-order chi connectivity index (χ1) is 8.98. The largest absolute Gasteiger partial charge is 0.396 e. The molecule has 2 N–H and O–H groups in total. The van der Waals surface area contributed by atoms with Crippen LogP contribution in [-0.2, 0) is 4.79 Å². The predicted molar refractivity (Wildman–Crippen MR) is 70.0 cm³/mol. The van der Waals surface area contributed by atoms with Gasteiger partial charge < -0.3 is 10.4 Å². The van der Waals surface area contributed by atoms with E-state index in [1.165, 1.54) is 0 Å². The molecule has 1 unspecified atom stereocenters. The monoisotopic (exact) mass is 277 g/mol. The fraction of sp³-hybridized carbons (Fsp3) is 0.929. The summed E-state index contributed by atoms with van der Waals surface area (Å²) in [6, 6.07) is 0. The van der Waals surface area contributed by atoms with Crippen LogP contribution in [0, 0.1) is 11.8 Å². The Hall–Kier alpha value is -0.710. The van der Waals surface area contributed by atoms with Crippen molar-refractivity contribution in [3.05, 3.63) is 0 Å². The number of hydrogen-bond acceptors (Lipinski definition) is 2. The number of amides is 1. The summed E-state index contributed by atoms with van der Waals surface area (Å²) >= 11 is 0. The van der Waals surface area contributed by atoms with Crippen LogP contribution in [0.15, 0.2) is 0 Å². The first-order valence-electron chi connectivity index (χ1n) is 7.25. The van der Waals surface area contributed by atoms with E-state index >= 15 is 0 Å². The van der Waals surface area contributed by atoms with Gasteiger partial charge in [0.1, 0.15) is 0 Å². The second-order valence-electron chi connectivity index (χ2n) is 5.54. The molecule has 0 saturated heterocycles. The van der Waals surface area contributed by atoms with Crippen molar-refractivity contribution in [2.75, 3.05) is 13.2 Å². The molecule has 1 aliphatic carbocycles. The Labute approximate surface area is 113 Å². The molecule has 0 radical (unpaired) electrons. The minimum atomic E-state index is -2.58. The van der Waals surface area contributed by atoms with Gasteiger partial charge in [-0.15, -0.1) is 0 Å². The van der Waals surface area contributed by atoms with Crippen molar-refractivity contribution in [3.63, 3.8) is 0 Å². The quantitative estimate of drug-likeness (QED) is 0.751. The molecule has 1 saturated carbocycles. The molecule has 0 heterocycles. The lowest BCUT2D eigenvalue weighted by atomic mass is 9.86. The number of carbonyl (C=O) groups is 1. The standard InChI is InChI=1S/C14H25F2NO2/c1-2-3-11(6-9-18)10-17-13(19)12-4-7-14(15,16)8-5-12/h11-12,18H,2-10H2,1H3,(H,17,19). The van der Waals surface area contributed by atoms with E-state index in [0.717, 1.165) is 12.8 Å². The minimum absolute atomic E-state index is 0.102. The number of rotatable bonds is 7. The second kappa shape index (κ2) is 7.78. The van der Waals surface area contributed by atoms with Gasteiger partial charge in [0.15, 0.2) is 0 Å². The number of alkyl halides is 2. The van der Waals surface area contributed by atoms with Gasteiger partial charge in [-0.1, -0.05) is 13.3 Å². The second-order valence-corrected chi connectivity index (χ2v) is 5.54. The normalized spacial score (nSPS) is 21.1. The summed E-state index contributed by atoms with van der Waals surface area (Å²) in [5.41, 5.74) is 0. The van der Waals surface area contributed by atoms with Gasteiger partial charge in [-0.2, -0.15) is 0 Å². The highest BCUT2D eigenvalue weighted by Gasteiger charge is 2.37. The lowest BCUT2D eigenvalue weighted by molar-refractivity contribution is -0.129. The third kappa shape index (κ3) is 5.85. The average molecular weight is 277 g/mol. The van der Waals surface area contributed by atoms with E-state index in [-0.39, 0.29) is 50.0 Å². The van der Waals surface area contributed by atoms with Crippen LogP contribution in [0.1, 0.15) is 51.9 Å². The fourth-order valence-corrected chi connectivity index (χ4v) is 2.63. The van der Waals surface area contributed by atoms with Crippen LogP contribution in [-0.4, -0.2) is 30.1 Å². The highest BCUT2D eigenvalue weighted by atomic mass is 19.3. The van der Waals surface area contributed by atoms with Gasteiger partial charge in [0.05, 0.1) is 0 Å². The number of hydrogen-bond donors (Lipinski definition) is 2. The van der Waals surface area contributed by atoms with Crippen molar-refractivity contribution < 1.29 is 18.7 Å². The summed E-state index contributed by atoms with van der Waals surface area (Å²) in [6.45, 7) is 2.73. The summed E-state index contributed by atoms with van der Waals surface area (Å²) in [6.07, 6.45) is 2.84. The molecule has 5 heteroatoms. The van der Waals surface area contributed by atoms with Gasteiger partial charge in [0.2, 0.25) is 11.8 Å². The third-order valence-corrected chi connectivity index (χ3v) is 3.89. The molecular formula is C14H25F2NO2. The molecule has 3 nitrogen and oxygen atoms in total. The van der Waals surface area contributed by atoms with E-state index in [2.05, 4.69) is 12.2 Å². The number of halogens is 2. The lowest BCUT2D eigenvalue weighted by Crippen LogP contribution is -2.38. The van der Waals surface area contributed by atoms with Crippen molar-refractivity contribution in [2.24, 2.45) is 11.8 Å². The molecule has 1 aliphatic rings. The highest BCUT2D eigenvalue weighted by Crippen LogP contribution is 2.36. The van der Waals surface area contributed by atoms with Crippen molar-refractivity contribution in [2.45, 2.75) is 57.8 Å². The lowest BCUT2D eigenvalue weighted by Gasteiger charge is -2.28. The molecule has 112 valence electrons. The number of carbonyl (C=O) groups excluding carboxylic acids is 1. The molecule has 1 atom stereocenters. The molecule has 0 aromatic carbocycles. The number of aliphatic hydroxyl groups is 1. The molecule has 1 rings (SSSR count). The zero-order chi connectivity index (χ0) is 14.3. The van der Waals surface area contributed by atoms with E-state index in [4.69, 9.17) is 5.11 Å². The van der Waals surface area contributed by atoms with E-state index in [1.807, 2.05) is 0 Å². The molecule has 0 bridgehead atoms. The predicted octanol–water partition coefficient (Wildman–Crippen LogP) is 2.73. The van der Waals surface area contributed by atoms with Gasteiger partial charge >= 0.3 is 0 Å². The highest BCUT2D eigenvalue weighted by molar-refractivity contribution is 5.78. The maximum atomic E-state index is 13.0. The minimum Gasteiger partial charge on any atom is -0.396 e. The van der Waals surface area contributed by atoms with Crippen LogP contribution >= 0.6 is 0 Å². The molecule has 19 heavy (non-hydrogen) atoms. The van der Waals surface area contributed by atoms with Gasteiger partial charge in [0.25, 0.3) is 0 Å². The van der Waals surface area contributed by atoms with Crippen LogP contribution in [0.4, 0.5) is 8.78 Å². The molecule has 0 spiro atoms. The van der Waals surface area contributed by atoms with Crippen LogP contribution in [0.5, 0.6) is 0 Å². The Morgan fingerprint density at radius 2 is 2.00 bits per heavy atom. The van der Waals surface area contributed by atoms with Crippen molar-refractivity contribution in [1.82, 2.24) is 5.32 Å². The fourth-order valence-electron chi connectivity index (χ4n) is 2.63.